The number of nitrogens with one attached hydrogen (secondary N) is 2. The number of carboxylic acid groups (broad SMARTS) is 1. The van der Waals surface area contributed by atoms with Crippen LogP contribution < -0.4 is 10.6 Å². The molecule has 148 valence electrons. The van der Waals surface area contributed by atoms with Crippen molar-refractivity contribution >= 4 is 12.0 Å². The van der Waals surface area contributed by atoms with Crippen LogP contribution in [-0.2, 0) is 9.53 Å². The quantitative estimate of drug-likeness (QED) is 0.168. The van der Waals surface area contributed by atoms with Gasteiger partial charge in [-0.1, -0.05) is 6.42 Å². The fourth-order valence-electron chi connectivity index (χ4n) is 1.91. The summed E-state index contributed by atoms with van der Waals surface area (Å²) in [5.74, 6) is -1.33. The summed E-state index contributed by atoms with van der Waals surface area (Å²) in [6, 6.07) is -0.592. The minimum Gasteiger partial charge on any atom is -0.481 e. The van der Waals surface area contributed by atoms with E-state index >= 15 is 0 Å². The van der Waals surface area contributed by atoms with Crippen molar-refractivity contribution in [3.63, 3.8) is 0 Å². The number of aliphatic hydroxyl groups excluding tert-OH is 4. The van der Waals surface area contributed by atoms with E-state index in [2.05, 4.69) is 10.6 Å². The van der Waals surface area contributed by atoms with Crippen LogP contribution in [0.2, 0.25) is 0 Å². The molecule has 10 nitrogen and oxygen atoms in total. The molecule has 0 spiro atoms. The molecular weight excluding hydrogens is 336 g/mol. The van der Waals surface area contributed by atoms with Gasteiger partial charge in [0.05, 0.1) is 39.6 Å². The zero-order valence-corrected chi connectivity index (χ0v) is 14.3. The highest BCUT2D eigenvalue weighted by Crippen LogP contribution is 2.06. The molecule has 0 atom stereocenters. The summed E-state index contributed by atoms with van der Waals surface area (Å²) >= 11 is 0. The Kier molecular flexibility index (Phi) is 13.0. The van der Waals surface area contributed by atoms with Gasteiger partial charge in [0.15, 0.2) is 0 Å². The lowest BCUT2D eigenvalue weighted by Gasteiger charge is -2.31. The second-order valence-corrected chi connectivity index (χ2v) is 5.93. The summed E-state index contributed by atoms with van der Waals surface area (Å²) in [5, 5.41) is 50.4. The molecule has 0 aromatic heterocycles. The zero-order chi connectivity index (χ0) is 19.1. The molecule has 0 aliphatic rings. The minimum absolute atomic E-state index is 0.0155. The summed E-state index contributed by atoms with van der Waals surface area (Å²) in [6.45, 7) is -1.49. The fourth-order valence-corrected chi connectivity index (χ4v) is 1.91. The number of ether oxygens (including phenoxy) is 1. The number of aliphatic hydroxyl groups is 4. The van der Waals surface area contributed by atoms with Crippen molar-refractivity contribution in [1.82, 2.24) is 10.6 Å². The summed E-state index contributed by atoms with van der Waals surface area (Å²) < 4.78 is 5.27. The molecule has 0 aliphatic heterocycles. The van der Waals surface area contributed by atoms with Crippen LogP contribution in [0.4, 0.5) is 4.79 Å². The lowest BCUT2D eigenvalue weighted by atomic mass is 10.0. The van der Waals surface area contributed by atoms with Gasteiger partial charge in [-0.15, -0.1) is 0 Å². The zero-order valence-electron chi connectivity index (χ0n) is 14.3. The first-order chi connectivity index (χ1) is 11.9. The third-order valence-corrected chi connectivity index (χ3v) is 3.59. The molecule has 0 unspecified atom stereocenters. The van der Waals surface area contributed by atoms with Gasteiger partial charge in [0.2, 0.25) is 0 Å². The first kappa shape index (κ1) is 23.5. The Morgan fingerprint density at radius 1 is 1.00 bits per heavy atom. The third kappa shape index (κ3) is 10.9. The monoisotopic (exact) mass is 366 g/mol. The molecule has 0 saturated heterocycles. The maximum Gasteiger partial charge on any atom is 0.315 e. The molecule has 0 aliphatic carbocycles. The van der Waals surface area contributed by atoms with Gasteiger partial charge in [0, 0.05) is 18.9 Å². The maximum atomic E-state index is 11.9. The van der Waals surface area contributed by atoms with Crippen LogP contribution in [0.1, 0.15) is 25.7 Å². The second kappa shape index (κ2) is 13.8. The average molecular weight is 366 g/mol. The van der Waals surface area contributed by atoms with Crippen LogP contribution in [0.5, 0.6) is 0 Å². The van der Waals surface area contributed by atoms with E-state index in [4.69, 9.17) is 20.1 Å². The molecular formula is C15H30N2O8. The van der Waals surface area contributed by atoms with Gasteiger partial charge in [0.1, 0.15) is 5.54 Å². The molecule has 7 N–H and O–H groups in total. The van der Waals surface area contributed by atoms with E-state index in [1.165, 1.54) is 0 Å². The molecule has 10 heteroatoms. The standard InChI is InChI=1S/C15H30N2O8/c18-6-12(7-19)8-25-11-15(9-20,10-21)17-14(24)16-5-3-1-2-4-13(22)23/h12,18-21H,1-11H2,(H,22,23)(H2,16,17,24). The Morgan fingerprint density at radius 3 is 2.16 bits per heavy atom. The Labute approximate surface area is 146 Å². The number of urea groups is 1. The van der Waals surface area contributed by atoms with Crippen LogP contribution in [0.25, 0.3) is 0 Å². The first-order valence-corrected chi connectivity index (χ1v) is 8.22. The largest absolute Gasteiger partial charge is 0.481 e. The molecule has 25 heavy (non-hydrogen) atoms. The van der Waals surface area contributed by atoms with E-state index in [0.29, 0.717) is 25.8 Å². The first-order valence-electron chi connectivity index (χ1n) is 8.22. The molecule has 0 bridgehead atoms. The van der Waals surface area contributed by atoms with Crippen LogP contribution in [0.15, 0.2) is 0 Å². The summed E-state index contributed by atoms with van der Waals surface area (Å²) in [7, 11) is 0. The number of hydrogen-bond donors (Lipinski definition) is 7. The maximum absolute atomic E-state index is 11.9. The summed E-state index contributed by atoms with van der Waals surface area (Å²) in [4.78, 5) is 22.2. The predicted molar refractivity (Wildman–Crippen MR) is 88.0 cm³/mol. The number of unbranched alkanes of at least 4 members (excludes halogenated alkanes) is 2. The predicted octanol–water partition coefficient (Wildman–Crippen LogP) is -1.73. The van der Waals surface area contributed by atoms with Gasteiger partial charge in [-0.3, -0.25) is 4.79 Å². The lowest BCUT2D eigenvalue weighted by Crippen LogP contribution is -2.60. The highest BCUT2D eigenvalue weighted by atomic mass is 16.5. The summed E-state index contributed by atoms with van der Waals surface area (Å²) in [5.41, 5.74) is -1.39. The molecule has 0 heterocycles. The van der Waals surface area contributed by atoms with E-state index in [-0.39, 0.29) is 32.8 Å². The Morgan fingerprint density at radius 2 is 1.64 bits per heavy atom. The van der Waals surface area contributed by atoms with Crippen molar-refractivity contribution < 1.29 is 39.9 Å². The molecule has 0 aromatic carbocycles. The van der Waals surface area contributed by atoms with E-state index in [1.54, 1.807) is 0 Å². The van der Waals surface area contributed by atoms with Gasteiger partial charge in [-0.25, -0.2) is 4.79 Å². The van der Waals surface area contributed by atoms with Crippen molar-refractivity contribution in [1.29, 1.82) is 0 Å². The number of carbonyl (C=O) groups excluding carboxylic acids is 1. The average Bonchev–Trinajstić information content (AvgIpc) is 2.60. The highest BCUT2D eigenvalue weighted by molar-refractivity contribution is 5.74. The number of rotatable bonds is 15. The number of aliphatic carboxylic acids is 1. The van der Waals surface area contributed by atoms with Crippen LogP contribution in [0.3, 0.4) is 0 Å². The van der Waals surface area contributed by atoms with Gasteiger partial charge in [-0.05, 0) is 12.8 Å². The van der Waals surface area contributed by atoms with E-state index < -0.39 is 36.7 Å². The topological polar surface area (TPSA) is 169 Å². The molecule has 2 amide bonds. The van der Waals surface area contributed by atoms with Crippen molar-refractivity contribution in [2.24, 2.45) is 5.92 Å². The Hall–Kier alpha value is -1.46. The summed E-state index contributed by atoms with van der Waals surface area (Å²) in [6.07, 6.45) is 1.88. The lowest BCUT2D eigenvalue weighted by molar-refractivity contribution is -0.137. The van der Waals surface area contributed by atoms with Crippen LogP contribution in [-0.4, -0.2) is 89.3 Å². The molecule has 0 saturated carbocycles. The second-order valence-electron chi connectivity index (χ2n) is 5.93. The molecule has 0 fully saturated rings. The Bertz CT molecular complexity index is 373. The molecule has 0 rings (SSSR count). The van der Waals surface area contributed by atoms with Gasteiger partial charge in [0.25, 0.3) is 0 Å². The third-order valence-electron chi connectivity index (χ3n) is 3.59. The van der Waals surface area contributed by atoms with E-state index in [1.807, 2.05) is 0 Å². The molecule has 0 radical (unpaired) electrons. The van der Waals surface area contributed by atoms with E-state index in [9.17, 15) is 19.8 Å². The number of amides is 2. The molecule has 0 aromatic rings. The van der Waals surface area contributed by atoms with Crippen molar-refractivity contribution in [3.05, 3.63) is 0 Å². The van der Waals surface area contributed by atoms with Crippen molar-refractivity contribution in [3.8, 4) is 0 Å². The Balaban J connectivity index is 4.16. The fraction of sp³-hybridized carbons (Fsp3) is 0.867. The SMILES string of the molecule is O=C(O)CCCCCNC(=O)NC(CO)(CO)COCC(CO)CO. The normalized spacial score (nSPS) is 11.6. The smallest absolute Gasteiger partial charge is 0.315 e. The van der Waals surface area contributed by atoms with Gasteiger partial charge < -0.3 is 40.9 Å². The minimum atomic E-state index is -1.39. The van der Waals surface area contributed by atoms with E-state index in [0.717, 1.165) is 0 Å². The number of carbonyl (C=O) groups is 2. The van der Waals surface area contributed by atoms with Gasteiger partial charge in [-0.2, -0.15) is 0 Å². The highest BCUT2D eigenvalue weighted by Gasteiger charge is 2.31. The van der Waals surface area contributed by atoms with Crippen molar-refractivity contribution in [2.45, 2.75) is 31.2 Å². The van der Waals surface area contributed by atoms with Crippen LogP contribution >= 0.6 is 0 Å². The number of carboxylic acids is 1. The van der Waals surface area contributed by atoms with Crippen LogP contribution in [0, 0.1) is 5.92 Å². The van der Waals surface area contributed by atoms with Gasteiger partial charge >= 0.3 is 12.0 Å². The number of hydrogen-bond acceptors (Lipinski definition) is 7. The van der Waals surface area contributed by atoms with Crippen molar-refractivity contribution in [2.75, 3.05) is 46.2 Å².